The maximum atomic E-state index is 12.2. The topological polar surface area (TPSA) is 94.4 Å². The molecule has 2 aromatic heterocycles. The van der Waals surface area contributed by atoms with Gasteiger partial charge in [0.05, 0.1) is 12.8 Å². The zero-order chi connectivity index (χ0) is 23.0. The molecule has 0 spiro atoms. The third kappa shape index (κ3) is 6.63. The van der Waals surface area contributed by atoms with Gasteiger partial charge < -0.3 is 25.4 Å². The van der Waals surface area contributed by atoms with E-state index >= 15 is 0 Å². The molecular weight excluding hydrogens is 541 g/mol. The van der Waals surface area contributed by atoms with Gasteiger partial charge in [0.15, 0.2) is 11.7 Å². The van der Waals surface area contributed by atoms with E-state index in [-0.39, 0.29) is 35.6 Å². The lowest BCUT2D eigenvalue weighted by Gasteiger charge is -2.11. The number of furan rings is 1. The van der Waals surface area contributed by atoms with Gasteiger partial charge in [0, 0.05) is 35.9 Å². The van der Waals surface area contributed by atoms with E-state index in [1.54, 1.807) is 12.1 Å². The van der Waals surface area contributed by atoms with Crippen molar-refractivity contribution < 1.29 is 9.21 Å². The number of rotatable bonds is 8. The molecule has 2 aromatic carbocycles. The third-order valence-corrected chi connectivity index (χ3v) is 5.30. The molecule has 0 radical (unpaired) electrons. The summed E-state index contributed by atoms with van der Waals surface area (Å²) in [6, 6.07) is 17.5. The van der Waals surface area contributed by atoms with E-state index in [1.807, 2.05) is 31.2 Å². The van der Waals surface area contributed by atoms with E-state index in [4.69, 9.17) is 9.41 Å². The molecule has 0 atom stereocenters. The number of anilines is 1. The Hall–Kier alpha value is -3.27. The Morgan fingerprint density at radius 2 is 1.97 bits per heavy atom. The van der Waals surface area contributed by atoms with E-state index in [1.165, 1.54) is 28.3 Å². The molecule has 0 saturated heterocycles. The third-order valence-electron chi connectivity index (χ3n) is 5.30. The Bertz CT molecular complexity index is 1250. The van der Waals surface area contributed by atoms with E-state index < -0.39 is 0 Å². The van der Waals surface area contributed by atoms with Crippen molar-refractivity contribution in [2.45, 2.75) is 26.8 Å². The van der Waals surface area contributed by atoms with Crippen LogP contribution in [0.1, 0.15) is 34.2 Å². The van der Waals surface area contributed by atoms with Gasteiger partial charge in [-0.3, -0.25) is 4.79 Å². The molecule has 0 bridgehead atoms. The summed E-state index contributed by atoms with van der Waals surface area (Å²) in [6.45, 7) is 6.18. The monoisotopic (exact) mass is 571 g/mol. The van der Waals surface area contributed by atoms with Crippen LogP contribution in [0.4, 0.5) is 5.69 Å². The molecule has 8 heteroatoms. The zero-order valence-corrected chi connectivity index (χ0v) is 21.7. The van der Waals surface area contributed by atoms with Crippen molar-refractivity contribution in [1.29, 1.82) is 0 Å². The van der Waals surface area contributed by atoms with Gasteiger partial charge in [-0.2, -0.15) is 0 Å². The Kier molecular flexibility index (Phi) is 9.15. The fourth-order valence-electron chi connectivity index (χ4n) is 3.68. The number of nitrogens with one attached hydrogen (secondary N) is 4. The highest BCUT2D eigenvalue weighted by Crippen LogP contribution is 2.19. The number of carbonyl (C=O) groups is 1. The molecule has 0 aliphatic rings. The number of guanidine groups is 1. The SMILES string of the molecule is CCNC(=NCc1cccc(NC(=O)c2ccco2)c1)NCCc1c[nH]c2cc(C)ccc12.I. The first-order valence-corrected chi connectivity index (χ1v) is 11.1. The molecule has 4 rings (SSSR count). The minimum atomic E-state index is -0.275. The predicted octanol–water partition coefficient (Wildman–Crippen LogP) is 5.24. The number of benzene rings is 2. The quantitative estimate of drug-likeness (QED) is 0.132. The van der Waals surface area contributed by atoms with Crippen LogP contribution in [0.2, 0.25) is 0 Å². The highest BCUT2D eigenvalue weighted by molar-refractivity contribution is 14.0. The van der Waals surface area contributed by atoms with Gasteiger partial charge in [0.2, 0.25) is 0 Å². The lowest BCUT2D eigenvalue weighted by atomic mass is 10.1. The molecule has 1 amide bonds. The van der Waals surface area contributed by atoms with Crippen molar-refractivity contribution in [3.05, 3.63) is 89.5 Å². The van der Waals surface area contributed by atoms with Crippen LogP contribution >= 0.6 is 24.0 Å². The number of aliphatic imine (C=N–C) groups is 1. The fraction of sp³-hybridized carbons (Fsp3) is 0.231. The van der Waals surface area contributed by atoms with Crippen molar-refractivity contribution in [2.24, 2.45) is 4.99 Å². The number of carbonyl (C=O) groups excluding carboxylic acids is 1. The van der Waals surface area contributed by atoms with Gasteiger partial charge in [-0.25, -0.2) is 4.99 Å². The van der Waals surface area contributed by atoms with E-state index in [9.17, 15) is 4.79 Å². The fourth-order valence-corrected chi connectivity index (χ4v) is 3.68. The molecule has 0 saturated carbocycles. The summed E-state index contributed by atoms with van der Waals surface area (Å²) in [5, 5.41) is 10.8. The van der Waals surface area contributed by atoms with Crippen molar-refractivity contribution in [2.75, 3.05) is 18.4 Å². The predicted molar refractivity (Wildman–Crippen MR) is 148 cm³/mol. The van der Waals surface area contributed by atoms with Gasteiger partial charge in [-0.05, 0) is 67.3 Å². The molecule has 34 heavy (non-hydrogen) atoms. The number of hydrogen-bond acceptors (Lipinski definition) is 3. The molecule has 0 fully saturated rings. The van der Waals surface area contributed by atoms with Gasteiger partial charge in [-0.15, -0.1) is 24.0 Å². The molecule has 7 nitrogen and oxygen atoms in total. The Morgan fingerprint density at radius 3 is 2.76 bits per heavy atom. The van der Waals surface area contributed by atoms with Crippen LogP contribution in [-0.2, 0) is 13.0 Å². The number of fused-ring (bicyclic) bond motifs is 1. The summed E-state index contributed by atoms with van der Waals surface area (Å²) in [7, 11) is 0. The molecule has 2 heterocycles. The molecular formula is C26H30IN5O2. The summed E-state index contributed by atoms with van der Waals surface area (Å²) < 4.78 is 5.14. The number of aromatic amines is 1. The number of halogens is 1. The number of nitrogens with zero attached hydrogens (tertiary/aromatic N) is 1. The number of aromatic nitrogens is 1. The van der Waals surface area contributed by atoms with Gasteiger partial charge in [0.1, 0.15) is 0 Å². The lowest BCUT2D eigenvalue weighted by Crippen LogP contribution is -2.38. The first-order chi connectivity index (χ1) is 16.1. The van der Waals surface area contributed by atoms with Crippen LogP contribution < -0.4 is 16.0 Å². The first kappa shape index (κ1) is 25.4. The maximum absolute atomic E-state index is 12.2. The van der Waals surface area contributed by atoms with E-state index in [0.29, 0.717) is 12.2 Å². The Balaban J connectivity index is 0.00000324. The number of amides is 1. The van der Waals surface area contributed by atoms with Crippen molar-refractivity contribution in [3.63, 3.8) is 0 Å². The average Bonchev–Trinajstić information content (AvgIpc) is 3.48. The van der Waals surface area contributed by atoms with Crippen molar-refractivity contribution in [1.82, 2.24) is 15.6 Å². The summed E-state index contributed by atoms with van der Waals surface area (Å²) in [4.78, 5) is 20.3. The molecule has 4 N–H and O–H groups in total. The molecule has 178 valence electrons. The number of hydrogen-bond donors (Lipinski definition) is 4. The Labute approximate surface area is 216 Å². The van der Waals surface area contributed by atoms with E-state index in [2.05, 4.69) is 52.3 Å². The molecule has 4 aromatic rings. The molecule has 0 aliphatic heterocycles. The highest BCUT2D eigenvalue weighted by Gasteiger charge is 2.09. The summed E-state index contributed by atoms with van der Waals surface area (Å²) in [6.07, 6.45) is 4.45. The highest BCUT2D eigenvalue weighted by atomic mass is 127. The second-order valence-electron chi connectivity index (χ2n) is 7.87. The van der Waals surface area contributed by atoms with Crippen molar-refractivity contribution in [3.8, 4) is 0 Å². The minimum Gasteiger partial charge on any atom is -0.459 e. The van der Waals surface area contributed by atoms with Crippen LogP contribution in [-0.4, -0.2) is 29.9 Å². The second-order valence-corrected chi connectivity index (χ2v) is 7.87. The average molecular weight is 571 g/mol. The number of aryl methyl sites for hydroxylation is 1. The molecule has 0 aliphatic carbocycles. The van der Waals surface area contributed by atoms with Gasteiger partial charge in [0.25, 0.3) is 5.91 Å². The van der Waals surface area contributed by atoms with Gasteiger partial charge in [-0.1, -0.05) is 24.3 Å². The van der Waals surface area contributed by atoms with Crippen LogP contribution in [0.25, 0.3) is 10.9 Å². The minimum absolute atomic E-state index is 0. The second kappa shape index (κ2) is 12.3. The Morgan fingerprint density at radius 1 is 1.09 bits per heavy atom. The van der Waals surface area contributed by atoms with Crippen molar-refractivity contribution >= 4 is 52.4 Å². The van der Waals surface area contributed by atoms with Crippen LogP contribution in [0.3, 0.4) is 0 Å². The smallest absolute Gasteiger partial charge is 0.291 e. The first-order valence-electron chi connectivity index (χ1n) is 11.1. The molecule has 0 unspecified atom stereocenters. The summed E-state index contributed by atoms with van der Waals surface area (Å²) >= 11 is 0. The largest absolute Gasteiger partial charge is 0.459 e. The van der Waals surface area contributed by atoms with Crippen LogP contribution in [0.15, 0.2) is 76.5 Å². The van der Waals surface area contributed by atoms with Crippen LogP contribution in [0, 0.1) is 6.92 Å². The maximum Gasteiger partial charge on any atom is 0.291 e. The zero-order valence-electron chi connectivity index (χ0n) is 19.4. The summed E-state index contributed by atoms with van der Waals surface area (Å²) in [5.41, 5.74) is 5.41. The number of H-pyrrole nitrogens is 1. The van der Waals surface area contributed by atoms with E-state index in [0.717, 1.165) is 31.0 Å². The lowest BCUT2D eigenvalue weighted by molar-refractivity contribution is 0.0996. The van der Waals surface area contributed by atoms with Crippen LogP contribution in [0.5, 0.6) is 0 Å². The summed E-state index contributed by atoms with van der Waals surface area (Å²) in [5.74, 6) is 0.767. The standard InChI is InChI=1S/C26H29N5O2.HI/c1-3-27-26(28-12-11-20-17-29-23-14-18(2)9-10-22(20)23)30-16-19-6-4-7-21(15-19)31-25(32)24-8-5-13-33-24;/h4-10,13-15,17,29H,3,11-12,16H2,1-2H3,(H,31,32)(H2,27,28,30);1H. The normalized spacial score (nSPS) is 11.2. The van der Waals surface area contributed by atoms with Gasteiger partial charge >= 0.3 is 0 Å².